The number of esters is 1. The largest absolute Gasteiger partial charge is 0.480 e. The van der Waals surface area contributed by atoms with Gasteiger partial charge in [-0.1, -0.05) is 60.7 Å². The SMILES string of the molecule is CCOC(=O)[C@H](CCc1ccccc1)N[C@H]1CSC[C@@H](c2ccccc2)N(CC(=O)O)C1=O. The first-order valence-electron chi connectivity index (χ1n) is 11.1. The Morgan fingerprint density at radius 1 is 1.12 bits per heavy atom. The third kappa shape index (κ3) is 7.07. The number of hydrogen-bond acceptors (Lipinski definition) is 6. The predicted molar refractivity (Wildman–Crippen MR) is 128 cm³/mol. The summed E-state index contributed by atoms with van der Waals surface area (Å²) in [7, 11) is 0. The number of benzene rings is 2. The molecule has 176 valence electrons. The molecular formula is C25H30N2O5S. The number of rotatable bonds is 10. The average molecular weight is 471 g/mol. The number of nitrogens with one attached hydrogen (secondary N) is 1. The van der Waals surface area contributed by atoms with Crippen LogP contribution < -0.4 is 5.32 Å². The van der Waals surface area contributed by atoms with Gasteiger partial charge in [0.05, 0.1) is 18.7 Å². The molecule has 0 saturated carbocycles. The standard InChI is InChI=1S/C25H30N2O5S/c1-2-32-25(31)20(14-13-18-9-5-3-6-10-18)26-21-16-33-17-22(19-11-7-4-8-12-19)27(24(21)30)15-23(28)29/h3-12,20-22,26H,2,13-17H2,1H3,(H,28,29)/t20-,21-,22-/m0/s1. The van der Waals surface area contributed by atoms with Gasteiger partial charge in [0.15, 0.2) is 0 Å². The van der Waals surface area contributed by atoms with Crippen molar-refractivity contribution in [2.45, 2.75) is 37.9 Å². The number of carboxylic acid groups (broad SMARTS) is 1. The summed E-state index contributed by atoms with van der Waals surface area (Å²) in [5, 5.41) is 12.7. The van der Waals surface area contributed by atoms with Gasteiger partial charge in [-0.3, -0.25) is 19.7 Å². The van der Waals surface area contributed by atoms with E-state index < -0.39 is 30.6 Å². The Morgan fingerprint density at radius 3 is 2.42 bits per heavy atom. The van der Waals surface area contributed by atoms with Gasteiger partial charge < -0.3 is 14.7 Å². The summed E-state index contributed by atoms with van der Waals surface area (Å²) in [6.45, 7) is 1.60. The highest BCUT2D eigenvalue weighted by Crippen LogP contribution is 2.29. The molecule has 2 aromatic carbocycles. The van der Waals surface area contributed by atoms with Crippen molar-refractivity contribution in [3.63, 3.8) is 0 Å². The highest BCUT2D eigenvalue weighted by atomic mass is 32.2. The van der Waals surface area contributed by atoms with E-state index in [4.69, 9.17) is 4.74 Å². The normalized spacial score (nSPS) is 19.5. The molecule has 0 bridgehead atoms. The second kappa shape index (κ2) is 12.4. The van der Waals surface area contributed by atoms with Crippen molar-refractivity contribution < 1.29 is 24.2 Å². The van der Waals surface area contributed by atoms with Crippen molar-refractivity contribution in [2.24, 2.45) is 0 Å². The summed E-state index contributed by atoms with van der Waals surface area (Å²) in [4.78, 5) is 39.2. The third-order valence-electron chi connectivity index (χ3n) is 5.55. The zero-order valence-electron chi connectivity index (χ0n) is 18.7. The lowest BCUT2D eigenvalue weighted by molar-refractivity contribution is -0.149. The number of ether oxygens (including phenoxy) is 1. The number of carbonyl (C=O) groups is 3. The van der Waals surface area contributed by atoms with Crippen molar-refractivity contribution in [2.75, 3.05) is 24.7 Å². The van der Waals surface area contributed by atoms with E-state index in [9.17, 15) is 19.5 Å². The minimum Gasteiger partial charge on any atom is -0.480 e. The zero-order chi connectivity index (χ0) is 23.6. The maximum atomic E-state index is 13.5. The van der Waals surface area contributed by atoms with E-state index in [-0.39, 0.29) is 18.6 Å². The number of carboxylic acids is 1. The first kappa shape index (κ1) is 24.8. The predicted octanol–water partition coefficient (Wildman–Crippen LogP) is 2.91. The number of amides is 1. The van der Waals surface area contributed by atoms with Crippen LogP contribution in [0.15, 0.2) is 60.7 Å². The molecule has 1 saturated heterocycles. The van der Waals surface area contributed by atoms with Crippen LogP contribution in [0.3, 0.4) is 0 Å². The van der Waals surface area contributed by atoms with Crippen molar-refractivity contribution in [1.82, 2.24) is 10.2 Å². The summed E-state index contributed by atoms with van der Waals surface area (Å²) in [5.41, 5.74) is 1.98. The quantitative estimate of drug-likeness (QED) is 0.516. The van der Waals surface area contributed by atoms with Crippen LogP contribution in [0.1, 0.15) is 30.5 Å². The summed E-state index contributed by atoms with van der Waals surface area (Å²) in [6, 6.07) is 17.6. The Kier molecular flexibility index (Phi) is 9.33. The second-order valence-corrected chi connectivity index (χ2v) is 8.95. The Labute approximate surface area is 198 Å². The van der Waals surface area contributed by atoms with E-state index in [1.165, 1.54) is 4.90 Å². The Morgan fingerprint density at radius 2 is 1.79 bits per heavy atom. The smallest absolute Gasteiger partial charge is 0.323 e. The molecule has 2 aromatic rings. The van der Waals surface area contributed by atoms with Gasteiger partial charge in [0.2, 0.25) is 5.91 Å². The number of thioether (sulfide) groups is 1. The van der Waals surface area contributed by atoms with Gasteiger partial charge in [0.25, 0.3) is 0 Å². The summed E-state index contributed by atoms with van der Waals surface area (Å²) in [5.74, 6) is -0.763. The molecule has 3 rings (SSSR count). The highest BCUT2D eigenvalue weighted by Gasteiger charge is 2.37. The van der Waals surface area contributed by atoms with Gasteiger partial charge in [-0.25, -0.2) is 0 Å². The molecule has 0 spiro atoms. The van der Waals surface area contributed by atoms with Gasteiger partial charge in [-0.05, 0) is 30.9 Å². The second-order valence-electron chi connectivity index (χ2n) is 7.87. The number of hydrogen-bond donors (Lipinski definition) is 2. The van der Waals surface area contributed by atoms with E-state index in [1.807, 2.05) is 60.7 Å². The molecule has 0 aromatic heterocycles. The van der Waals surface area contributed by atoms with Crippen LogP contribution in [-0.4, -0.2) is 64.6 Å². The molecule has 2 N–H and O–H groups in total. The van der Waals surface area contributed by atoms with Crippen molar-refractivity contribution in [3.8, 4) is 0 Å². The monoisotopic (exact) mass is 470 g/mol. The lowest BCUT2D eigenvalue weighted by atomic mass is 10.0. The average Bonchev–Trinajstić information content (AvgIpc) is 2.96. The Hall–Kier alpha value is -2.84. The van der Waals surface area contributed by atoms with Gasteiger partial charge in [0, 0.05) is 11.5 Å². The van der Waals surface area contributed by atoms with Gasteiger partial charge in [-0.2, -0.15) is 11.8 Å². The van der Waals surface area contributed by atoms with Crippen LogP contribution in [0.2, 0.25) is 0 Å². The van der Waals surface area contributed by atoms with Crippen LogP contribution >= 0.6 is 11.8 Å². The molecule has 0 unspecified atom stereocenters. The number of aryl methyl sites for hydroxylation is 1. The number of carbonyl (C=O) groups excluding carboxylic acids is 2. The van der Waals surface area contributed by atoms with E-state index in [1.54, 1.807) is 18.7 Å². The fourth-order valence-electron chi connectivity index (χ4n) is 3.93. The molecule has 1 amide bonds. The van der Waals surface area contributed by atoms with Crippen molar-refractivity contribution in [1.29, 1.82) is 0 Å². The molecule has 1 aliphatic heterocycles. The molecule has 3 atom stereocenters. The molecular weight excluding hydrogens is 440 g/mol. The minimum atomic E-state index is -1.07. The van der Waals surface area contributed by atoms with Crippen molar-refractivity contribution >= 4 is 29.6 Å². The lowest BCUT2D eigenvalue weighted by Crippen LogP contribution is -2.54. The van der Waals surface area contributed by atoms with Crippen molar-refractivity contribution in [3.05, 3.63) is 71.8 Å². The molecule has 1 aliphatic rings. The zero-order valence-corrected chi connectivity index (χ0v) is 19.5. The summed E-state index contributed by atoms with van der Waals surface area (Å²) >= 11 is 1.57. The fraction of sp³-hybridized carbons (Fsp3) is 0.400. The van der Waals surface area contributed by atoms with Gasteiger partial charge >= 0.3 is 11.9 Å². The van der Waals surface area contributed by atoms with E-state index in [0.717, 1.165) is 11.1 Å². The molecule has 8 heteroatoms. The molecule has 1 heterocycles. The highest BCUT2D eigenvalue weighted by molar-refractivity contribution is 7.99. The Balaban J connectivity index is 1.79. The van der Waals surface area contributed by atoms with E-state index >= 15 is 0 Å². The third-order valence-corrected chi connectivity index (χ3v) is 6.67. The maximum Gasteiger partial charge on any atom is 0.323 e. The van der Waals surface area contributed by atoms with Gasteiger partial charge in [-0.15, -0.1) is 0 Å². The lowest BCUT2D eigenvalue weighted by Gasteiger charge is -2.31. The Bertz CT molecular complexity index is 925. The first-order valence-corrected chi connectivity index (χ1v) is 12.3. The van der Waals surface area contributed by atoms with Crippen LogP contribution in [0.4, 0.5) is 0 Å². The molecule has 1 fully saturated rings. The first-order chi connectivity index (χ1) is 16.0. The number of aliphatic carboxylic acids is 1. The van der Waals surface area contributed by atoms with Crippen LogP contribution in [0.5, 0.6) is 0 Å². The van der Waals surface area contributed by atoms with Crippen LogP contribution in [0.25, 0.3) is 0 Å². The molecule has 0 aliphatic carbocycles. The number of nitrogens with zero attached hydrogens (tertiary/aromatic N) is 1. The topological polar surface area (TPSA) is 95.9 Å². The maximum absolute atomic E-state index is 13.5. The summed E-state index contributed by atoms with van der Waals surface area (Å²) < 4.78 is 5.26. The van der Waals surface area contributed by atoms with Gasteiger partial charge in [0.1, 0.15) is 12.6 Å². The summed E-state index contributed by atoms with van der Waals surface area (Å²) in [6.07, 6.45) is 1.12. The van der Waals surface area contributed by atoms with E-state index in [2.05, 4.69) is 5.32 Å². The van der Waals surface area contributed by atoms with Crippen LogP contribution in [-0.2, 0) is 25.5 Å². The van der Waals surface area contributed by atoms with E-state index in [0.29, 0.717) is 24.3 Å². The molecule has 0 radical (unpaired) electrons. The van der Waals surface area contributed by atoms with Crippen LogP contribution in [0, 0.1) is 0 Å². The fourth-order valence-corrected chi connectivity index (χ4v) is 5.13. The molecule has 33 heavy (non-hydrogen) atoms. The molecule has 7 nitrogen and oxygen atoms in total. The minimum absolute atomic E-state index is 0.247.